The van der Waals surface area contributed by atoms with Crippen molar-refractivity contribution >= 4 is 17.3 Å². The van der Waals surface area contributed by atoms with Crippen molar-refractivity contribution in [2.24, 2.45) is 5.41 Å². The second-order valence-electron chi connectivity index (χ2n) is 4.50. The molecule has 13 heavy (non-hydrogen) atoms. The highest BCUT2D eigenvalue weighted by Crippen LogP contribution is 2.33. The first kappa shape index (κ1) is 8.89. The van der Waals surface area contributed by atoms with Crippen molar-refractivity contribution in [2.75, 3.05) is 11.9 Å². The lowest BCUT2D eigenvalue weighted by Gasteiger charge is -2.32. The van der Waals surface area contributed by atoms with Crippen LogP contribution in [0.2, 0.25) is 5.02 Å². The van der Waals surface area contributed by atoms with Gasteiger partial charge in [-0.3, -0.25) is 0 Å². The van der Waals surface area contributed by atoms with Gasteiger partial charge in [-0.05, 0) is 35.6 Å². The van der Waals surface area contributed by atoms with Gasteiger partial charge in [0.25, 0.3) is 0 Å². The molecule has 1 aromatic carbocycles. The fourth-order valence-electron chi connectivity index (χ4n) is 1.79. The zero-order valence-electron chi connectivity index (χ0n) is 8.02. The highest BCUT2D eigenvalue weighted by Gasteiger charge is 2.24. The number of benzene rings is 1. The van der Waals surface area contributed by atoms with E-state index in [1.54, 1.807) is 0 Å². The zero-order valence-corrected chi connectivity index (χ0v) is 8.78. The van der Waals surface area contributed by atoms with Crippen LogP contribution < -0.4 is 5.32 Å². The Morgan fingerprint density at radius 2 is 2.15 bits per heavy atom. The third-order valence-corrected chi connectivity index (χ3v) is 2.73. The second-order valence-corrected chi connectivity index (χ2v) is 4.93. The van der Waals surface area contributed by atoms with Crippen LogP contribution in [-0.2, 0) is 6.42 Å². The molecule has 0 saturated carbocycles. The Kier molecular flexibility index (Phi) is 1.99. The number of anilines is 1. The first-order valence-electron chi connectivity index (χ1n) is 4.59. The van der Waals surface area contributed by atoms with Crippen LogP contribution in [-0.4, -0.2) is 6.54 Å². The number of halogens is 1. The highest BCUT2D eigenvalue weighted by molar-refractivity contribution is 6.30. The first-order chi connectivity index (χ1) is 6.07. The maximum absolute atomic E-state index is 5.94. The van der Waals surface area contributed by atoms with Crippen LogP contribution in [0.1, 0.15) is 19.4 Å². The lowest BCUT2D eigenvalue weighted by Crippen LogP contribution is -2.30. The molecule has 1 nitrogen and oxygen atoms in total. The molecule has 0 saturated heterocycles. The minimum Gasteiger partial charge on any atom is -0.384 e. The van der Waals surface area contributed by atoms with E-state index in [1.807, 2.05) is 6.07 Å². The van der Waals surface area contributed by atoms with Crippen LogP contribution in [0.3, 0.4) is 0 Å². The molecule has 70 valence electrons. The van der Waals surface area contributed by atoms with E-state index in [0.29, 0.717) is 5.41 Å². The van der Waals surface area contributed by atoms with Gasteiger partial charge in [-0.25, -0.2) is 0 Å². The molecule has 0 amide bonds. The molecule has 0 bridgehead atoms. The minimum absolute atomic E-state index is 0.345. The van der Waals surface area contributed by atoms with Gasteiger partial charge >= 0.3 is 0 Å². The van der Waals surface area contributed by atoms with E-state index in [0.717, 1.165) is 18.0 Å². The van der Waals surface area contributed by atoms with E-state index in [-0.39, 0.29) is 0 Å². The molecule has 0 unspecified atom stereocenters. The third kappa shape index (κ3) is 1.80. The molecule has 0 spiro atoms. The number of fused-ring (bicyclic) bond motifs is 1. The van der Waals surface area contributed by atoms with Crippen LogP contribution in [0.5, 0.6) is 0 Å². The summed E-state index contributed by atoms with van der Waals surface area (Å²) in [5.74, 6) is 0. The molecule has 1 heterocycles. The van der Waals surface area contributed by atoms with Gasteiger partial charge in [-0.15, -0.1) is 0 Å². The van der Waals surface area contributed by atoms with Gasteiger partial charge in [0.2, 0.25) is 0 Å². The maximum atomic E-state index is 5.94. The first-order valence-corrected chi connectivity index (χ1v) is 4.97. The average Bonchev–Trinajstić information content (AvgIpc) is 2.01. The van der Waals surface area contributed by atoms with Gasteiger partial charge < -0.3 is 5.32 Å². The van der Waals surface area contributed by atoms with Crippen LogP contribution in [0.25, 0.3) is 0 Å². The Morgan fingerprint density at radius 1 is 1.38 bits per heavy atom. The number of hydrogen-bond donors (Lipinski definition) is 1. The quantitative estimate of drug-likeness (QED) is 0.670. The SMILES string of the molecule is CC1(C)CNc2ccc(Cl)cc2C1. The summed E-state index contributed by atoms with van der Waals surface area (Å²) in [6.45, 7) is 5.58. The molecule has 1 aliphatic rings. The van der Waals surface area contributed by atoms with Crippen LogP contribution >= 0.6 is 11.6 Å². The van der Waals surface area contributed by atoms with E-state index in [1.165, 1.54) is 11.3 Å². The minimum atomic E-state index is 0.345. The summed E-state index contributed by atoms with van der Waals surface area (Å²) in [6, 6.07) is 6.06. The molecule has 2 heteroatoms. The summed E-state index contributed by atoms with van der Waals surface area (Å²) in [4.78, 5) is 0. The largest absolute Gasteiger partial charge is 0.384 e. The zero-order chi connectivity index (χ0) is 9.47. The van der Waals surface area contributed by atoms with Crippen LogP contribution in [0.15, 0.2) is 18.2 Å². The number of hydrogen-bond acceptors (Lipinski definition) is 1. The van der Waals surface area contributed by atoms with E-state index in [2.05, 4.69) is 31.3 Å². The van der Waals surface area contributed by atoms with Gasteiger partial charge in [0.1, 0.15) is 0 Å². The van der Waals surface area contributed by atoms with Crippen molar-refractivity contribution < 1.29 is 0 Å². The Morgan fingerprint density at radius 3 is 2.92 bits per heavy atom. The van der Waals surface area contributed by atoms with Crippen molar-refractivity contribution in [3.05, 3.63) is 28.8 Å². The van der Waals surface area contributed by atoms with Gasteiger partial charge in [-0.1, -0.05) is 25.4 Å². The maximum Gasteiger partial charge on any atom is 0.0410 e. The average molecular weight is 196 g/mol. The Balaban J connectivity index is 2.38. The van der Waals surface area contributed by atoms with Crippen molar-refractivity contribution in [3.8, 4) is 0 Å². The molecule has 2 rings (SSSR count). The standard InChI is InChI=1S/C11H14ClN/c1-11(2)6-8-5-9(12)3-4-10(8)13-7-11/h3-5,13H,6-7H2,1-2H3. The molecule has 1 aromatic rings. The normalized spacial score (nSPS) is 19.0. The lowest BCUT2D eigenvalue weighted by molar-refractivity contribution is 0.379. The fraction of sp³-hybridized carbons (Fsp3) is 0.455. The fourth-order valence-corrected chi connectivity index (χ4v) is 1.99. The highest BCUT2D eigenvalue weighted by atomic mass is 35.5. The topological polar surface area (TPSA) is 12.0 Å². The van der Waals surface area contributed by atoms with Gasteiger partial charge in [0.15, 0.2) is 0 Å². The predicted molar refractivity (Wildman–Crippen MR) is 57.4 cm³/mol. The van der Waals surface area contributed by atoms with Crippen LogP contribution in [0, 0.1) is 5.41 Å². The Bertz CT molecular complexity index is 331. The summed E-state index contributed by atoms with van der Waals surface area (Å²) in [5, 5.41) is 4.25. The predicted octanol–water partition coefficient (Wildman–Crippen LogP) is 3.33. The smallest absolute Gasteiger partial charge is 0.0410 e. The summed E-state index contributed by atoms with van der Waals surface area (Å²) in [6.07, 6.45) is 1.11. The second kappa shape index (κ2) is 2.91. The van der Waals surface area contributed by atoms with Crippen molar-refractivity contribution in [2.45, 2.75) is 20.3 Å². The van der Waals surface area contributed by atoms with Gasteiger partial charge in [0, 0.05) is 17.3 Å². The Labute approximate surface area is 84.1 Å². The molecular formula is C11H14ClN. The summed E-state index contributed by atoms with van der Waals surface area (Å²) in [7, 11) is 0. The molecule has 0 aliphatic carbocycles. The molecule has 0 fully saturated rings. The van der Waals surface area contributed by atoms with E-state index in [9.17, 15) is 0 Å². The number of nitrogens with one attached hydrogen (secondary N) is 1. The van der Waals surface area contributed by atoms with E-state index in [4.69, 9.17) is 11.6 Å². The monoisotopic (exact) mass is 195 g/mol. The molecule has 1 aliphatic heterocycles. The Hall–Kier alpha value is -0.690. The molecule has 0 aromatic heterocycles. The summed E-state index contributed by atoms with van der Waals surface area (Å²) >= 11 is 5.94. The third-order valence-electron chi connectivity index (χ3n) is 2.49. The van der Waals surface area contributed by atoms with Crippen molar-refractivity contribution in [3.63, 3.8) is 0 Å². The van der Waals surface area contributed by atoms with Crippen LogP contribution in [0.4, 0.5) is 5.69 Å². The number of rotatable bonds is 0. The van der Waals surface area contributed by atoms with Gasteiger partial charge in [0.05, 0.1) is 0 Å². The lowest BCUT2D eigenvalue weighted by atomic mass is 9.82. The van der Waals surface area contributed by atoms with E-state index >= 15 is 0 Å². The molecule has 0 atom stereocenters. The molecule has 0 radical (unpaired) electrons. The van der Waals surface area contributed by atoms with Gasteiger partial charge in [-0.2, -0.15) is 0 Å². The van der Waals surface area contributed by atoms with E-state index < -0.39 is 0 Å². The summed E-state index contributed by atoms with van der Waals surface area (Å²) in [5.41, 5.74) is 2.92. The molecular weight excluding hydrogens is 182 g/mol. The summed E-state index contributed by atoms with van der Waals surface area (Å²) < 4.78 is 0. The molecule has 1 N–H and O–H groups in total. The van der Waals surface area contributed by atoms with Crippen molar-refractivity contribution in [1.29, 1.82) is 0 Å². The van der Waals surface area contributed by atoms with Crippen molar-refractivity contribution in [1.82, 2.24) is 0 Å².